The molecule has 29 heavy (non-hydrogen) atoms. The SMILES string of the molecule is COC1(C)OC2[C@@H](OC(C)[C@H](OCc3ccccc3)[C@H]2OCc2ccccc2)O1. The highest BCUT2D eigenvalue weighted by molar-refractivity contribution is 5.14. The molecule has 0 saturated carbocycles. The smallest absolute Gasteiger partial charge is 0.282 e. The lowest BCUT2D eigenvalue weighted by Crippen LogP contribution is -2.57. The fourth-order valence-corrected chi connectivity index (χ4v) is 3.73. The molecule has 156 valence electrons. The van der Waals surface area contributed by atoms with E-state index in [2.05, 4.69) is 0 Å². The number of ether oxygens (including phenoxy) is 6. The standard InChI is InChI=1S/C23H28O6/c1-16-19(25-14-17-10-6-4-7-11-17)20(26-15-18-12-8-5-9-13-18)21-22(27-16)29-23(2,24-3)28-21/h4-13,16,19-22H,14-15H2,1-3H3/t16?,19-,20+,21?,22-,23?/m0/s1. The van der Waals surface area contributed by atoms with Crippen molar-refractivity contribution in [2.75, 3.05) is 7.11 Å². The van der Waals surface area contributed by atoms with Crippen molar-refractivity contribution >= 4 is 0 Å². The van der Waals surface area contributed by atoms with Crippen LogP contribution in [0.2, 0.25) is 0 Å². The largest absolute Gasteiger partial charge is 0.368 e. The van der Waals surface area contributed by atoms with E-state index >= 15 is 0 Å². The van der Waals surface area contributed by atoms with E-state index < -0.39 is 18.4 Å². The molecule has 6 nitrogen and oxygen atoms in total. The van der Waals surface area contributed by atoms with Crippen molar-refractivity contribution in [2.24, 2.45) is 0 Å². The summed E-state index contributed by atoms with van der Waals surface area (Å²) in [6, 6.07) is 20.1. The molecule has 0 aromatic heterocycles. The van der Waals surface area contributed by atoms with Gasteiger partial charge in [-0.15, -0.1) is 0 Å². The topological polar surface area (TPSA) is 55.4 Å². The highest BCUT2D eigenvalue weighted by Crippen LogP contribution is 2.39. The second-order valence-corrected chi connectivity index (χ2v) is 7.50. The van der Waals surface area contributed by atoms with E-state index in [0.29, 0.717) is 13.2 Å². The van der Waals surface area contributed by atoms with Crippen LogP contribution in [-0.4, -0.2) is 43.8 Å². The average Bonchev–Trinajstić information content (AvgIpc) is 3.09. The summed E-state index contributed by atoms with van der Waals surface area (Å²) in [5, 5.41) is 0. The van der Waals surface area contributed by atoms with Crippen LogP contribution in [-0.2, 0) is 41.6 Å². The third-order valence-electron chi connectivity index (χ3n) is 5.35. The molecule has 0 aliphatic carbocycles. The number of methoxy groups -OCH3 is 1. The number of benzene rings is 2. The van der Waals surface area contributed by atoms with Gasteiger partial charge in [-0.3, -0.25) is 4.74 Å². The minimum atomic E-state index is -1.17. The van der Waals surface area contributed by atoms with Crippen LogP contribution in [0.15, 0.2) is 60.7 Å². The molecular weight excluding hydrogens is 372 g/mol. The van der Waals surface area contributed by atoms with Crippen LogP contribution in [0.1, 0.15) is 25.0 Å². The van der Waals surface area contributed by atoms with Gasteiger partial charge in [0.25, 0.3) is 5.97 Å². The van der Waals surface area contributed by atoms with Crippen LogP contribution in [0.4, 0.5) is 0 Å². The van der Waals surface area contributed by atoms with Gasteiger partial charge in [0, 0.05) is 14.0 Å². The third-order valence-corrected chi connectivity index (χ3v) is 5.35. The zero-order valence-corrected chi connectivity index (χ0v) is 17.0. The Morgan fingerprint density at radius 1 is 0.828 bits per heavy atom. The van der Waals surface area contributed by atoms with Gasteiger partial charge in [0.05, 0.1) is 19.3 Å². The monoisotopic (exact) mass is 400 g/mol. The molecule has 0 amide bonds. The summed E-state index contributed by atoms with van der Waals surface area (Å²) >= 11 is 0. The van der Waals surface area contributed by atoms with Gasteiger partial charge < -0.3 is 23.7 Å². The molecule has 4 rings (SSSR count). The first kappa shape index (κ1) is 20.5. The van der Waals surface area contributed by atoms with Crippen LogP contribution in [0.25, 0.3) is 0 Å². The fourth-order valence-electron chi connectivity index (χ4n) is 3.73. The highest BCUT2D eigenvalue weighted by atomic mass is 16.9. The van der Waals surface area contributed by atoms with E-state index in [1.165, 1.54) is 0 Å². The Labute approximate surface area is 171 Å². The third kappa shape index (κ3) is 4.69. The van der Waals surface area contributed by atoms with E-state index in [1.54, 1.807) is 14.0 Å². The van der Waals surface area contributed by atoms with Crippen LogP contribution in [0.5, 0.6) is 0 Å². The minimum Gasteiger partial charge on any atom is -0.368 e. The Kier molecular flexibility index (Phi) is 6.29. The van der Waals surface area contributed by atoms with Gasteiger partial charge in [-0.25, -0.2) is 0 Å². The fraction of sp³-hybridized carbons (Fsp3) is 0.478. The summed E-state index contributed by atoms with van der Waals surface area (Å²) < 4.78 is 36.0. The first-order valence-corrected chi connectivity index (χ1v) is 9.95. The molecule has 6 atom stereocenters. The molecule has 2 aliphatic rings. The Bertz CT molecular complexity index is 769. The summed E-state index contributed by atoms with van der Waals surface area (Å²) in [6.45, 7) is 4.61. The van der Waals surface area contributed by atoms with Gasteiger partial charge in [-0.1, -0.05) is 60.7 Å². The number of hydrogen-bond acceptors (Lipinski definition) is 6. The maximum atomic E-state index is 6.33. The van der Waals surface area contributed by atoms with E-state index in [9.17, 15) is 0 Å². The zero-order chi connectivity index (χ0) is 20.3. The average molecular weight is 400 g/mol. The molecule has 2 heterocycles. The maximum Gasteiger partial charge on any atom is 0.282 e. The first-order chi connectivity index (χ1) is 14.1. The van der Waals surface area contributed by atoms with Crippen molar-refractivity contribution in [1.82, 2.24) is 0 Å². The molecule has 2 aliphatic heterocycles. The van der Waals surface area contributed by atoms with Crippen LogP contribution >= 0.6 is 0 Å². The van der Waals surface area contributed by atoms with Crippen molar-refractivity contribution in [2.45, 2.75) is 63.7 Å². The van der Waals surface area contributed by atoms with Gasteiger partial charge in [-0.05, 0) is 18.1 Å². The second kappa shape index (κ2) is 8.92. The molecule has 0 radical (unpaired) electrons. The molecule has 0 N–H and O–H groups in total. The van der Waals surface area contributed by atoms with Gasteiger partial charge in [0.15, 0.2) is 6.29 Å². The van der Waals surface area contributed by atoms with Crippen molar-refractivity contribution < 1.29 is 28.4 Å². The summed E-state index contributed by atoms with van der Waals surface area (Å²) in [5.41, 5.74) is 2.17. The lowest BCUT2D eigenvalue weighted by atomic mass is 9.99. The van der Waals surface area contributed by atoms with Crippen LogP contribution < -0.4 is 0 Å². The summed E-state index contributed by atoms with van der Waals surface area (Å²) in [7, 11) is 1.55. The maximum absolute atomic E-state index is 6.33. The summed E-state index contributed by atoms with van der Waals surface area (Å²) in [5.74, 6) is -1.17. The lowest BCUT2D eigenvalue weighted by molar-refractivity contribution is -0.333. The summed E-state index contributed by atoms with van der Waals surface area (Å²) in [6.07, 6.45) is -1.95. The molecule has 0 spiro atoms. The Balaban J connectivity index is 1.52. The molecule has 3 unspecified atom stereocenters. The molecule has 2 saturated heterocycles. The van der Waals surface area contributed by atoms with Crippen LogP contribution in [0, 0.1) is 0 Å². The minimum absolute atomic E-state index is 0.233. The Hall–Kier alpha value is -1.80. The Morgan fingerprint density at radius 3 is 1.93 bits per heavy atom. The van der Waals surface area contributed by atoms with Crippen molar-refractivity contribution in [3.8, 4) is 0 Å². The van der Waals surface area contributed by atoms with Crippen molar-refractivity contribution in [3.63, 3.8) is 0 Å². The van der Waals surface area contributed by atoms with E-state index in [-0.39, 0.29) is 18.3 Å². The van der Waals surface area contributed by atoms with E-state index in [4.69, 9.17) is 28.4 Å². The number of rotatable bonds is 7. The quantitative estimate of drug-likeness (QED) is 0.707. The first-order valence-electron chi connectivity index (χ1n) is 9.95. The molecule has 2 fully saturated rings. The Morgan fingerprint density at radius 2 is 1.38 bits per heavy atom. The van der Waals surface area contributed by atoms with Crippen LogP contribution in [0.3, 0.4) is 0 Å². The lowest BCUT2D eigenvalue weighted by Gasteiger charge is -2.41. The predicted molar refractivity (Wildman–Crippen MR) is 106 cm³/mol. The normalized spacial score (nSPS) is 34.1. The van der Waals surface area contributed by atoms with E-state index in [1.807, 2.05) is 67.6 Å². The molecule has 0 bridgehead atoms. The number of hydrogen-bond donors (Lipinski definition) is 0. The predicted octanol–water partition coefficient (Wildman–Crippen LogP) is 3.64. The summed E-state index contributed by atoms with van der Waals surface area (Å²) in [4.78, 5) is 0. The zero-order valence-electron chi connectivity index (χ0n) is 17.0. The van der Waals surface area contributed by atoms with Gasteiger partial charge in [0.2, 0.25) is 0 Å². The number of fused-ring (bicyclic) bond motifs is 1. The highest BCUT2D eigenvalue weighted by Gasteiger charge is 2.56. The second-order valence-electron chi connectivity index (χ2n) is 7.50. The molecule has 2 aromatic carbocycles. The van der Waals surface area contributed by atoms with Gasteiger partial charge in [-0.2, -0.15) is 0 Å². The van der Waals surface area contributed by atoms with Crippen molar-refractivity contribution in [3.05, 3.63) is 71.8 Å². The van der Waals surface area contributed by atoms with Gasteiger partial charge >= 0.3 is 0 Å². The molecular formula is C23H28O6. The molecule has 2 aromatic rings. The van der Waals surface area contributed by atoms with Gasteiger partial charge in [0.1, 0.15) is 18.3 Å². The van der Waals surface area contributed by atoms with E-state index in [0.717, 1.165) is 11.1 Å². The molecule has 6 heteroatoms. The van der Waals surface area contributed by atoms with Crippen molar-refractivity contribution in [1.29, 1.82) is 0 Å².